The smallest absolute Gasteiger partial charge is 0.162 e. The minimum atomic E-state index is 0.253. The first-order valence-corrected chi connectivity index (χ1v) is 6.46. The van der Waals surface area contributed by atoms with Gasteiger partial charge >= 0.3 is 0 Å². The van der Waals surface area contributed by atoms with E-state index in [1.165, 1.54) is 12.8 Å². The molecule has 0 aromatic heterocycles. The van der Waals surface area contributed by atoms with E-state index in [0.29, 0.717) is 5.78 Å². The number of ether oxygens (including phenoxy) is 1. The van der Waals surface area contributed by atoms with Crippen molar-refractivity contribution < 1.29 is 9.53 Å². The highest BCUT2D eigenvalue weighted by Crippen LogP contribution is 2.41. The first kappa shape index (κ1) is 10.1. The van der Waals surface area contributed by atoms with E-state index in [0.717, 1.165) is 43.4 Å². The van der Waals surface area contributed by atoms with Gasteiger partial charge in [-0.1, -0.05) is 12.2 Å². The molecule has 0 saturated carbocycles. The van der Waals surface area contributed by atoms with Crippen LogP contribution in [-0.2, 0) is 9.53 Å². The van der Waals surface area contributed by atoms with Gasteiger partial charge in [0.05, 0.1) is 0 Å². The maximum absolute atomic E-state index is 12.0. The van der Waals surface area contributed by atoms with E-state index < -0.39 is 0 Å². The molecule has 2 heteroatoms. The Hall–Kier alpha value is -1.05. The van der Waals surface area contributed by atoms with E-state index in [1.807, 2.05) is 0 Å². The minimum Gasteiger partial charge on any atom is -0.493 e. The predicted molar refractivity (Wildman–Crippen MR) is 61.9 cm³/mol. The van der Waals surface area contributed by atoms with Crippen LogP contribution in [0.5, 0.6) is 0 Å². The molecule has 0 spiro atoms. The van der Waals surface area contributed by atoms with E-state index in [-0.39, 0.29) is 12.0 Å². The first-order chi connectivity index (χ1) is 7.86. The summed E-state index contributed by atoms with van der Waals surface area (Å²) in [6.07, 6.45) is 12.1. The van der Waals surface area contributed by atoms with Crippen LogP contribution in [0.25, 0.3) is 0 Å². The molecule has 2 atom stereocenters. The normalized spacial score (nSPS) is 35.9. The number of fused-ring (bicyclic) bond motifs is 2. The molecule has 0 saturated heterocycles. The van der Waals surface area contributed by atoms with Crippen molar-refractivity contribution in [1.29, 1.82) is 0 Å². The first-order valence-electron chi connectivity index (χ1n) is 6.46. The van der Waals surface area contributed by atoms with Crippen molar-refractivity contribution in [2.45, 2.75) is 51.0 Å². The van der Waals surface area contributed by atoms with Crippen molar-refractivity contribution in [2.75, 3.05) is 0 Å². The van der Waals surface area contributed by atoms with E-state index in [1.54, 1.807) is 0 Å². The topological polar surface area (TPSA) is 26.3 Å². The molecule has 3 aliphatic rings. The number of ketones is 1. The van der Waals surface area contributed by atoms with E-state index >= 15 is 0 Å². The lowest BCUT2D eigenvalue weighted by molar-refractivity contribution is -0.116. The molecule has 1 aliphatic heterocycles. The second kappa shape index (κ2) is 4.08. The Labute approximate surface area is 96.4 Å². The number of carbonyl (C=O) groups excluding carboxylic acids is 1. The SMILES string of the molecule is O=C1CCCC2=C1[C@@H]1/C=C\CCCC[C@@H]1O2. The van der Waals surface area contributed by atoms with E-state index in [2.05, 4.69) is 12.2 Å². The van der Waals surface area contributed by atoms with E-state index in [9.17, 15) is 4.79 Å². The standard InChI is InChI=1S/C14H18O2/c15-11-7-5-9-13-14(11)10-6-3-1-2-4-8-12(10)16-13/h3,6,10,12H,1-2,4-5,7-9H2/b6-3-/t10-,12+/m1/s1. The van der Waals surface area contributed by atoms with Crippen LogP contribution in [0.1, 0.15) is 44.9 Å². The third kappa shape index (κ3) is 1.60. The fraction of sp³-hybridized carbons (Fsp3) is 0.643. The minimum absolute atomic E-state index is 0.253. The van der Waals surface area contributed by atoms with Crippen LogP contribution in [0.3, 0.4) is 0 Å². The zero-order valence-electron chi connectivity index (χ0n) is 9.58. The zero-order chi connectivity index (χ0) is 11.0. The molecule has 3 rings (SSSR count). The Morgan fingerprint density at radius 2 is 2.12 bits per heavy atom. The molecule has 2 nitrogen and oxygen atoms in total. The number of rotatable bonds is 0. The van der Waals surface area contributed by atoms with Crippen molar-refractivity contribution in [2.24, 2.45) is 5.92 Å². The summed E-state index contributed by atoms with van der Waals surface area (Å²) in [5.74, 6) is 1.61. The second-order valence-electron chi connectivity index (χ2n) is 5.01. The summed E-state index contributed by atoms with van der Waals surface area (Å²) in [5, 5.41) is 0. The summed E-state index contributed by atoms with van der Waals surface area (Å²) in [5.41, 5.74) is 1.01. The highest BCUT2D eigenvalue weighted by Gasteiger charge is 2.39. The Morgan fingerprint density at radius 3 is 3.06 bits per heavy atom. The van der Waals surface area contributed by atoms with Crippen LogP contribution in [0, 0.1) is 5.92 Å². The fourth-order valence-corrected chi connectivity index (χ4v) is 3.08. The van der Waals surface area contributed by atoms with Crippen LogP contribution < -0.4 is 0 Å². The van der Waals surface area contributed by atoms with Crippen molar-refractivity contribution >= 4 is 5.78 Å². The molecule has 0 radical (unpaired) electrons. The highest BCUT2D eigenvalue weighted by molar-refractivity contribution is 5.98. The molecule has 16 heavy (non-hydrogen) atoms. The van der Waals surface area contributed by atoms with Crippen molar-refractivity contribution in [1.82, 2.24) is 0 Å². The summed E-state index contributed by atoms with van der Waals surface area (Å²) < 4.78 is 5.98. The largest absolute Gasteiger partial charge is 0.493 e. The average molecular weight is 218 g/mol. The van der Waals surface area contributed by atoms with Gasteiger partial charge in [-0.15, -0.1) is 0 Å². The fourth-order valence-electron chi connectivity index (χ4n) is 3.08. The molecular formula is C14H18O2. The summed E-state index contributed by atoms with van der Waals surface area (Å²) >= 11 is 0. The van der Waals surface area contributed by atoms with Gasteiger partial charge in [-0.25, -0.2) is 0 Å². The number of carbonyl (C=O) groups is 1. The van der Waals surface area contributed by atoms with Crippen LogP contribution in [0.15, 0.2) is 23.5 Å². The number of Topliss-reactive ketones (excluding diaryl/α,β-unsaturated/α-hetero) is 1. The summed E-state index contributed by atoms with van der Waals surface area (Å²) in [4.78, 5) is 12.0. The van der Waals surface area contributed by atoms with E-state index in [4.69, 9.17) is 4.74 Å². The number of hydrogen-bond donors (Lipinski definition) is 0. The molecule has 1 heterocycles. The van der Waals surface area contributed by atoms with Crippen LogP contribution >= 0.6 is 0 Å². The van der Waals surface area contributed by atoms with Gasteiger partial charge in [-0.3, -0.25) is 4.79 Å². The predicted octanol–water partition coefficient (Wildman–Crippen LogP) is 3.14. The van der Waals surface area contributed by atoms with Crippen molar-refractivity contribution in [3.05, 3.63) is 23.5 Å². The Balaban J connectivity index is 1.92. The highest BCUT2D eigenvalue weighted by atomic mass is 16.5. The Bertz CT molecular complexity index is 365. The van der Waals surface area contributed by atoms with Gasteiger partial charge in [0.2, 0.25) is 0 Å². The molecule has 86 valence electrons. The molecule has 0 N–H and O–H groups in total. The molecular weight excluding hydrogens is 200 g/mol. The maximum atomic E-state index is 12.0. The Kier molecular flexibility index (Phi) is 2.58. The number of allylic oxidation sites excluding steroid dienone is 2. The van der Waals surface area contributed by atoms with Crippen molar-refractivity contribution in [3.8, 4) is 0 Å². The lowest BCUT2D eigenvalue weighted by Crippen LogP contribution is -2.21. The molecule has 0 bridgehead atoms. The van der Waals surface area contributed by atoms with Gasteiger partial charge in [-0.05, 0) is 32.1 Å². The molecule has 2 aliphatic carbocycles. The maximum Gasteiger partial charge on any atom is 0.162 e. The third-order valence-corrected chi connectivity index (χ3v) is 3.89. The van der Waals surface area contributed by atoms with Gasteiger partial charge in [0.15, 0.2) is 5.78 Å². The van der Waals surface area contributed by atoms with Gasteiger partial charge in [0.25, 0.3) is 0 Å². The summed E-state index contributed by atoms with van der Waals surface area (Å²) in [7, 11) is 0. The zero-order valence-corrected chi connectivity index (χ0v) is 9.58. The van der Waals surface area contributed by atoms with Gasteiger partial charge in [0.1, 0.15) is 11.9 Å². The van der Waals surface area contributed by atoms with Crippen LogP contribution in [0.4, 0.5) is 0 Å². The lowest BCUT2D eigenvalue weighted by Gasteiger charge is -2.19. The molecule has 0 aromatic rings. The molecule has 0 fully saturated rings. The monoisotopic (exact) mass is 218 g/mol. The number of hydrogen-bond acceptors (Lipinski definition) is 2. The Morgan fingerprint density at radius 1 is 1.19 bits per heavy atom. The quantitative estimate of drug-likeness (QED) is 0.584. The van der Waals surface area contributed by atoms with Gasteiger partial charge in [-0.2, -0.15) is 0 Å². The van der Waals surface area contributed by atoms with Crippen LogP contribution in [0.2, 0.25) is 0 Å². The lowest BCUT2D eigenvalue weighted by atomic mass is 9.83. The van der Waals surface area contributed by atoms with Gasteiger partial charge in [0, 0.05) is 24.3 Å². The van der Waals surface area contributed by atoms with Gasteiger partial charge < -0.3 is 4.74 Å². The average Bonchev–Trinajstić information content (AvgIpc) is 2.57. The second-order valence-corrected chi connectivity index (χ2v) is 5.01. The molecule has 0 unspecified atom stereocenters. The summed E-state index contributed by atoms with van der Waals surface area (Å²) in [6.45, 7) is 0. The molecule has 0 amide bonds. The van der Waals surface area contributed by atoms with Crippen LogP contribution in [-0.4, -0.2) is 11.9 Å². The molecule has 0 aromatic carbocycles. The third-order valence-electron chi connectivity index (χ3n) is 3.89. The van der Waals surface area contributed by atoms with Crippen molar-refractivity contribution in [3.63, 3.8) is 0 Å². The summed E-state index contributed by atoms with van der Waals surface area (Å²) in [6, 6.07) is 0.